The van der Waals surface area contributed by atoms with E-state index in [4.69, 9.17) is 15.2 Å². The van der Waals surface area contributed by atoms with Crippen molar-refractivity contribution in [1.29, 1.82) is 0 Å². The Bertz CT molecular complexity index is 297. The van der Waals surface area contributed by atoms with Crippen LogP contribution in [0.3, 0.4) is 0 Å². The van der Waals surface area contributed by atoms with E-state index >= 15 is 0 Å². The Morgan fingerprint density at radius 3 is 2.73 bits per heavy atom. The maximum atomic E-state index is 5.64. The standard InChI is InChI=1S/C11H16N2O2/c12-5-4-11(14-7-8-15-11)9-10-3-1-2-6-13-10/h1-3,6H,4-5,7-9,12H2. The molecule has 1 aromatic heterocycles. The van der Waals surface area contributed by atoms with E-state index in [2.05, 4.69) is 4.98 Å². The highest BCUT2D eigenvalue weighted by atomic mass is 16.7. The second kappa shape index (κ2) is 4.70. The summed E-state index contributed by atoms with van der Waals surface area (Å²) in [7, 11) is 0. The van der Waals surface area contributed by atoms with E-state index < -0.39 is 5.79 Å². The van der Waals surface area contributed by atoms with E-state index in [-0.39, 0.29) is 0 Å². The lowest BCUT2D eigenvalue weighted by Crippen LogP contribution is -2.35. The van der Waals surface area contributed by atoms with Crippen LogP contribution in [0.25, 0.3) is 0 Å². The average Bonchev–Trinajstić information content (AvgIpc) is 2.69. The van der Waals surface area contributed by atoms with E-state index in [9.17, 15) is 0 Å². The molecule has 1 aromatic rings. The lowest BCUT2D eigenvalue weighted by atomic mass is 10.1. The van der Waals surface area contributed by atoms with Crippen molar-refractivity contribution in [2.75, 3.05) is 19.8 Å². The zero-order valence-electron chi connectivity index (χ0n) is 8.69. The SMILES string of the molecule is NCCC1(Cc2ccccn2)OCCO1. The highest BCUT2D eigenvalue weighted by Crippen LogP contribution is 2.26. The first-order valence-electron chi connectivity index (χ1n) is 5.22. The van der Waals surface area contributed by atoms with Crippen molar-refractivity contribution in [3.63, 3.8) is 0 Å². The molecule has 0 amide bonds. The fourth-order valence-electron chi connectivity index (χ4n) is 1.83. The Kier molecular flexibility index (Phi) is 3.30. The molecule has 0 unspecified atom stereocenters. The topological polar surface area (TPSA) is 57.4 Å². The molecule has 2 rings (SSSR count). The summed E-state index contributed by atoms with van der Waals surface area (Å²) in [6.07, 6.45) is 3.16. The van der Waals surface area contributed by atoms with E-state index in [1.54, 1.807) is 6.20 Å². The largest absolute Gasteiger partial charge is 0.347 e. The maximum absolute atomic E-state index is 5.64. The molecular weight excluding hydrogens is 192 g/mol. The molecular formula is C11H16N2O2. The molecule has 1 aliphatic rings. The van der Waals surface area contributed by atoms with Crippen molar-refractivity contribution >= 4 is 0 Å². The van der Waals surface area contributed by atoms with Gasteiger partial charge in [-0.2, -0.15) is 0 Å². The highest BCUT2D eigenvalue weighted by Gasteiger charge is 2.36. The third kappa shape index (κ3) is 2.53. The van der Waals surface area contributed by atoms with Gasteiger partial charge >= 0.3 is 0 Å². The lowest BCUT2D eigenvalue weighted by molar-refractivity contribution is -0.159. The van der Waals surface area contributed by atoms with Crippen LogP contribution in [-0.4, -0.2) is 30.5 Å². The zero-order chi connectivity index (χ0) is 10.6. The number of hydrogen-bond acceptors (Lipinski definition) is 4. The summed E-state index contributed by atoms with van der Waals surface area (Å²) in [6, 6.07) is 5.84. The summed E-state index contributed by atoms with van der Waals surface area (Å²) in [5.41, 5.74) is 6.55. The number of hydrogen-bond donors (Lipinski definition) is 1. The molecule has 15 heavy (non-hydrogen) atoms. The molecule has 0 aromatic carbocycles. The predicted molar refractivity (Wildman–Crippen MR) is 56.2 cm³/mol. The van der Waals surface area contributed by atoms with Crippen LogP contribution in [0.1, 0.15) is 12.1 Å². The molecule has 0 spiro atoms. The molecule has 0 aliphatic carbocycles. The monoisotopic (exact) mass is 208 g/mol. The van der Waals surface area contributed by atoms with Crippen LogP contribution < -0.4 is 5.73 Å². The number of aromatic nitrogens is 1. The second-order valence-corrected chi connectivity index (χ2v) is 3.64. The van der Waals surface area contributed by atoms with Gasteiger partial charge in [0, 0.05) is 24.7 Å². The van der Waals surface area contributed by atoms with Crippen LogP contribution in [0, 0.1) is 0 Å². The van der Waals surface area contributed by atoms with Crippen LogP contribution in [0.4, 0.5) is 0 Å². The number of pyridine rings is 1. The van der Waals surface area contributed by atoms with Gasteiger partial charge in [0.15, 0.2) is 5.79 Å². The smallest absolute Gasteiger partial charge is 0.175 e. The van der Waals surface area contributed by atoms with Crippen molar-refractivity contribution in [3.05, 3.63) is 30.1 Å². The first-order valence-corrected chi connectivity index (χ1v) is 5.22. The Hall–Kier alpha value is -0.970. The van der Waals surface area contributed by atoms with Gasteiger partial charge in [-0.3, -0.25) is 4.98 Å². The van der Waals surface area contributed by atoms with Gasteiger partial charge in [-0.15, -0.1) is 0 Å². The molecule has 0 atom stereocenters. The van der Waals surface area contributed by atoms with Crippen molar-refractivity contribution in [1.82, 2.24) is 4.98 Å². The molecule has 1 aliphatic heterocycles. The third-order valence-corrected chi connectivity index (χ3v) is 2.52. The van der Waals surface area contributed by atoms with Gasteiger partial charge in [0.05, 0.1) is 13.2 Å². The van der Waals surface area contributed by atoms with E-state index in [0.717, 1.165) is 5.69 Å². The van der Waals surface area contributed by atoms with Gasteiger partial charge < -0.3 is 15.2 Å². The van der Waals surface area contributed by atoms with Crippen molar-refractivity contribution in [3.8, 4) is 0 Å². The fourth-order valence-corrected chi connectivity index (χ4v) is 1.83. The summed E-state index contributed by atoms with van der Waals surface area (Å²) < 4.78 is 11.3. The molecule has 0 bridgehead atoms. The van der Waals surface area contributed by atoms with Gasteiger partial charge in [0.1, 0.15) is 0 Å². The van der Waals surface area contributed by atoms with Gasteiger partial charge in [-0.1, -0.05) is 6.07 Å². The van der Waals surface area contributed by atoms with E-state index in [0.29, 0.717) is 32.6 Å². The summed E-state index contributed by atoms with van der Waals surface area (Å²) >= 11 is 0. The minimum Gasteiger partial charge on any atom is -0.347 e. The maximum Gasteiger partial charge on any atom is 0.175 e. The minimum absolute atomic E-state index is 0.539. The Balaban J connectivity index is 2.07. The van der Waals surface area contributed by atoms with Gasteiger partial charge in [0.25, 0.3) is 0 Å². The predicted octanol–water partition coefficient (Wildman–Crippen LogP) is 0.716. The number of rotatable bonds is 4. The van der Waals surface area contributed by atoms with Crippen LogP contribution >= 0.6 is 0 Å². The van der Waals surface area contributed by atoms with Crippen molar-refractivity contribution in [2.45, 2.75) is 18.6 Å². The van der Waals surface area contributed by atoms with Crippen LogP contribution in [-0.2, 0) is 15.9 Å². The highest BCUT2D eigenvalue weighted by molar-refractivity contribution is 5.06. The van der Waals surface area contributed by atoms with Gasteiger partial charge in [-0.25, -0.2) is 0 Å². The summed E-state index contributed by atoms with van der Waals surface area (Å²) in [5.74, 6) is -0.539. The number of nitrogens with zero attached hydrogens (tertiary/aromatic N) is 1. The first-order chi connectivity index (χ1) is 7.35. The van der Waals surface area contributed by atoms with Crippen molar-refractivity contribution < 1.29 is 9.47 Å². The molecule has 2 heterocycles. The van der Waals surface area contributed by atoms with Crippen LogP contribution in [0.15, 0.2) is 24.4 Å². The Labute approximate surface area is 89.4 Å². The minimum atomic E-state index is -0.539. The Morgan fingerprint density at radius 1 is 1.33 bits per heavy atom. The summed E-state index contributed by atoms with van der Waals surface area (Å²) in [4.78, 5) is 4.27. The molecule has 82 valence electrons. The lowest BCUT2D eigenvalue weighted by Gasteiger charge is -2.26. The van der Waals surface area contributed by atoms with Gasteiger partial charge in [0.2, 0.25) is 0 Å². The van der Waals surface area contributed by atoms with Crippen molar-refractivity contribution in [2.24, 2.45) is 5.73 Å². The molecule has 4 heteroatoms. The third-order valence-electron chi connectivity index (χ3n) is 2.52. The quantitative estimate of drug-likeness (QED) is 0.792. The molecule has 0 radical (unpaired) electrons. The van der Waals surface area contributed by atoms with E-state index in [1.807, 2.05) is 18.2 Å². The first kappa shape index (κ1) is 10.5. The molecule has 2 N–H and O–H groups in total. The zero-order valence-corrected chi connectivity index (χ0v) is 8.69. The summed E-state index contributed by atoms with van der Waals surface area (Å²) in [5, 5.41) is 0. The van der Waals surface area contributed by atoms with Gasteiger partial charge in [-0.05, 0) is 18.7 Å². The van der Waals surface area contributed by atoms with Crippen LogP contribution in [0.5, 0.6) is 0 Å². The summed E-state index contributed by atoms with van der Waals surface area (Å²) in [6.45, 7) is 1.85. The molecule has 1 fully saturated rings. The van der Waals surface area contributed by atoms with Crippen LogP contribution in [0.2, 0.25) is 0 Å². The average molecular weight is 208 g/mol. The number of ether oxygens (including phenoxy) is 2. The molecule has 1 saturated heterocycles. The normalized spacial score (nSPS) is 19.3. The molecule has 0 saturated carbocycles. The Morgan fingerprint density at radius 2 is 2.13 bits per heavy atom. The number of nitrogens with two attached hydrogens (primary N) is 1. The molecule has 4 nitrogen and oxygen atoms in total. The fraction of sp³-hybridized carbons (Fsp3) is 0.545. The van der Waals surface area contributed by atoms with E-state index in [1.165, 1.54) is 0 Å². The second-order valence-electron chi connectivity index (χ2n) is 3.64.